The van der Waals surface area contributed by atoms with Gasteiger partial charge < -0.3 is 19.7 Å². The lowest BCUT2D eigenvalue weighted by atomic mass is 10.1. The standard InChI is InChI=1S/C20H22F2N2O4/c1-13(25)24(15-5-6-16(21)17(22)12-15)9-8-23-20(26)11-14-4-7-18(27-2)19(10-14)28-3/h4-7,10,12H,8-9,11H2,1-3H3,(H,23,26). The molecule has 2 rings (SSSR count). The summed E-state index contributed by atoms with van der Waals surface area (Å²) >= 11 is 0. The van der Waals surface area contributed by atoms with Crippen LogP contribution < -0.4 is 19.7 Å². The van der Waals surface area contributed by atoms with Crippen molar-refractivity contribution in [2.24, 2.45) is 0 Å². The van der Waals surface area contributed by atoms with Crippen LogP contribution in [-0.4, -0.2) is 39.1 Å². The molecule has 2 aromatic rings. The van der Waals surface area contributed by atoms with Gasteiger partial charge in [0, 0.05) is 31.8 Å². The molecule has 6 nitrogen and oxygen atoms in total. The Hall–Kier alpha value is -3.16. The molecule has 28 heavy (non-hydrogen) atoms. The van der Waals surface area contributed by atoms with Crippen LogP contribution >= 0.6 is 0 Å². The zero-order valence-electron chi connectivity index (χ0n) is 15.9. The minimum Gasteiger partial charge on any atom is -0.493 e. The number of benzene rings is 2. The maximum absolute atomic E-state index is 13.4. The molecule has 0 atom stereocenters. The molecule has 0 saturated carbocycles. The minimum atomic E-state index is -1.04. The fourth-order valence-electron chi connectivity index (χ4n) is 2.67. The molecule has 0 heterocycles. The summed E-state index contributed by atoms with van der Waals surface area (Å²) in [5.74, 6) is -1.54. The number of methoxy groups -OCH3 is 2. The molecule has 2 aromatic carbocycles. The lowest BCUT2D eigenvalue weighted by Gasteiger charge is -2.21. The second-order valence-electron chi connectivity index (χ2n) is 5.99. The van der Waals surface area contributed by atoms with Crippen molar-refractivity contribution in [2.45, 2.75) is 13.3 Å². The van der Waals surface area contributed by atoms with Gasteiger partial charge in [-0.1, -0.05) is 6.07 Å². The first-order valence-electron chi connectivity index (χ1n) is 8.56. The number of anilines is 1. The van der Waals surface area contributed by atoms with Gasteiger partial charge in [0.25, 0.3) is 0 Å². The predicted molar refractivity (Wildman–Crippen MR) is 101 cm³/mol. The highest BCUT2D eigenvalue weighted by molar-refractivity contribution is 5.91. The number of amides is 2. The maximum Gasteiger partial charge on any atom is 0.224 e. The van der Waals surface area contributed by atoms with E-state index in [1.807, 2.05) is 0 Å². The van der Waals surface area contributed by atoms with Crippen molar-refractivity contribution in [2.75, 3.05) is 32.2 Å². The second kappa shape index (κ2) is 9.68. The summed E-state index contributed by atoms with van der Waals surface area (Å²) in [5.41, 5.74) is 0.958. The summed E-state index contributed by atoms with van der Waals surface area (Å²) in [7, 11) is 3.04. The number of hydrogen-bond acceptors (Lipinski definition) is 4. The van der Waals surface area contributed by atoms with Gasteiger partial charge in [-0.05, 0) is 29.8 Å². The Morgan fingerprint density at radius 1 is 1.00 bits per heavy atom. The van der Waals surface area contributed by atoms with E-state index in [9.17, 15) is 18.4 Å². The van der Waals surface area contributed by atoms with Gasteiger partial charge in [0.2, 0.25) is 11.8 Å². The highest BCUT2D eigenvalue weighted by atomic mass is 19.2. The van der Waals surface area contributed by atoms with E-state index in [1.54, 1.807) is 18.2 Å². The lowest BCUT2D eigenvalue weighted by Crippen LogP contribution is -2.38. The van der Waals surface area contributed by atoms with Crippen molar-refractivity contribution in [1.82, 2.24) is 5.32 Å². The fourth-order valence-corrected chi connectivity index (χ4v) is 2.67. The third kappa shape index (κ3) is 5.42. The molecular formula is C20H22F2N2O4. The van der Waals surface area contributed by atoms with Gasteiger partial charge >= 0.3 is 0 Å². The topological polar surface area (TPSA) is 67.9 Å². The molecule has 0 spiro atoms. The van der Waals surface area contributed by atoms with E-state index in [0.717, 1.165) is 17.7 Å². The monoisotopic (exact) mass is 392 g/mol. The summed E-state index contributed by atoms with van der Waals surface area (Å²) in [6, 6.07) is 8.39. The van der Waals surface area contributed by atoms with Crippen LogP contribution in [0.15, 0.2) is 36.4 Å². The molecule has 0 aromatic heterocycles. The summed E-state index contributed by atoms with van der Waals surface area (Å²) in [5, 5.41) is 2.71. The zero-order valence-corrected chi connectivity index (χ0v) is 15.9. The number of ether oxygens (including phenoxy) is 2. The van der Waals surface area contributed by atoms with Crippen molar-refractivity contribution in [3.05, 3.63) is 53.6 Å². The van der Waals surface area contributed by atoms with Gasteiger partial charge in [0.15, 0.2) is 23.1 Å². The first-order valence-corrected chi connectivity index (χ1v) is 8.56. The van der Waals surface area contributed by atoms with E-state index >= 15 is 0 Å². The Morgan fingerprint density at radius 2 is 1.71 bits per heavy atom. The Balaban J connectivity index is 1.94. The van der Waals surface area contributed by atoms with Crippen molar-refractivity contribution >= 4 is 17.5 Å². The zero-order chi connectivity index (χ0) is 20.7. The van der Waals surface area contributed by atoms with Crippen LogP contribution in [0, 0.1) is 11.6 Å². The molecule has 1 N–H and O–H groups in total. The third-order valence-corrected chi connectivity index (χ3v) is 4.07. The van der Waals surface area contributed by atoms with Crippen LogP contribution in [0.2, 0.25) is 0 Å². The molecule has 8 heteroatoms. The fraction of sp³-hybridized carbons (Fsp3) is 0.300. The predicted octanol–water partition coefficient (Wildman–Crippen LogP) is 2.69. The number of nitrogens with one attached hydrogen (secondary N) is 1. The normalized spacial score (nSPS) is 10.3. The first kappa shape index (κ1) is 21.1. The van der Waals surface area contributed by atoms with Crippen LogP contribution in [0.1, 0.15) is 12.5 Å². The molecule has 0 fully saturated rings. The van der Waals surface area contributed by atoms with Crippen LogP contribution in [0.25, 0.3) is 0 Å². The molecule has 0 bridgehead atoms. The van der Waals surface area contributed by atoms with Crippen molar-refractivity contribution in [3.8, 4) is 11.5 Å². The highest BCUT2D eigenvalue weighted by Crippen LogP contribution is 2.27. The smallest absolute Gasteiger partial charge is 0.224 e. The lowest BCUT2D eigenvalue weighted by molar-refractivity contribution is -0.121. The largest absolute Gasteiger partial charge is 0.493 e. The Labute approximate surface area is 162 Å². The van der Waals surface area contributed by atoms with Crippen molar-refractivity contribution in [3.63, 3.8) is 0 Å². The Kier molecular flexibility index (Phi) is 7.31. The molecule has 0 unspecified atom stereocenters. The summed E-state index contributed by atoms with van der Waals surface area (Å²) in [4.78, 5) is 25.2. The summed E-state index contributed by atoms with van der Waals surface area (Å²) in [6.07, 6.45) is 0.117. The van der Waals surface area contributed by atoms with E-state index in [1.165, 1.54) is 32.1 Å². The van der Waals surface area contributed by atoms with Gasteiger partial charge in [-0.15, -0.1) is 0 Å². The molecule has 0 aliphatic carbocycles. The molecule has 150 valence electrons. The van der Waals surface area contributed by atoms with E-state index < -0.39 is 11.6 Å². The average molecular weight is 392 g/mol. The molecule has 2 amide bonds. The molecule has 0 aliphatic rings. The second-order valence-corrected chi connectivity index (χ2v) is 5.99. The van der Waals surface area contributed by atoms with Gasteiger partial charge in [-0.3, -0.25) is 9.59 Å². The van der Waals surface area contributed by atoms with Gasteiger partial charge in [0.1, 0.15) is 0 Å². The number of hydrogen-bond donors (Lipinski definition) is 1. The van der Waals surface area contributed by atoms with Crippen LogP contribution in [-0.2, 0) is 16.0 Å². The number of nitrogens with zero attached hydrogens (tertiary/aromatic N) is 1. The molecule has 0 saturated heterocycles. The molecule has 0 aliphatic heterocycles. The van der Waals surface area contributed by atoms with E-state index in [-0.39, 0.29) is 37.0 Å². The Bertz CT molecular complexity index is 858. The first-order chi connectivity index (χ1) is 13.3. The Morgan fingerprint density at radius 3 is 2.32 bits per heavy atom. The molecule has 0 radical (unpaired) electrons. The van der Waals surface area contributed by atoms with Crippen LogP contribution in [0.3, 0.4) is 0 Å². The van der Waals surface area contributed by atoms with Gasteiger partial charge in [0.05, 0.1) is 20.6 Å². The van der Waals surface area contributed by atoms with Crippen molar-refractivity contribution < 1.29 is 27.8 Å². The quantitative estimate of drug-likeness (QED) is 0.750. The van der Waals surface area contributed by atoms with Gasteiger partial charge in [-0.2, -0.15) is 0 Å². The van der Waals surface area contributed by atoms with E-state index in [0.29, 0.717) is 11.5 Å². The number of carbonyl (C=O) groups excluding carboxylic acids is 2. The number of halogens is 2. The van der Waals surface area contributed by atoms with E-state index in [2.05, 4.69) is 5.32 Å². The van der Waals surface area contributed by atoms with Crippen molar-refractivity contribution in [1.29, 1.82) is 0 Å². The minimum absolute atomic E-state index is 0.117. The maximum atomic E-state index is 13.4. The number of carbonyl (C=O) groups is 2. The summed E-state index contributed by atoms with van der Waals surface area (Å²) in [6.45, 7) is 1.59. The third-order valence-electron chi connectivity index (χ3n) is 4.07. The summed E-state index contributed by atoms with van der Waals surface area (Å²) < 4.78 is 36.8. The van der Waals surface area contributed by atoms with Gasteiger partial charge in [-0.25, -0.2) is 8.78 Å². The average Bonchev–Trinajstić information content (AvgIpc) is 2.67. The van der Waals surface area contributed by atoms with E-state index in [4.69, 9.17) is 9.47 Å². The highest BCUT2D eigenvalue weighted by Gasteiger charge is 2.14. The van der Waals surface area contributed by atoms with Crippen LogP contribution in [0.5, 0.6) is 11.5 Å². The molecular weight excluding hydrogens is 370 g/mol. The number of rotatable bonds is 8. The SMILES string of the molecule is COc1ccc(CC(=O)NCCN(C(C)=O)c2ccc(F)c(F)c2)cc1OC. The van der Waals surface area contributed by atoms with Crippen LogP contribution in [0.4, 0.5) is 14.5 Å².